The lowest BCUT2D eigenvalue weighted by Crippen LogP contribution is -2.11. The Morgan fingerprint density at radius 1 is 0.895 bits per heavy atom. The summed E-state index contributed by atoms with van der Waals surface area (Å²) >= 11 is 3.44. The third-order valence-electron chi connectivity index (χ3n) is 3.16. The predicted molar refractivity (Wildman–Crippen MR) is 86.6 cm³/mol. The predicted octanol–water partition coefficient (Wildman–Crippen LogP) is 5.36. The van der Waals surface area contributed by atoms with Gasteiger partial charge < -0.3 is 5.32 Å². The fourth-order valence-corrected chi connectivity index (χ4v) is 2.16. The maximum atomic E-state index is 3.44. The van der Waals surface area contributed by atoms with Crippen LogP contribution in [-0.2, 0) is 12.0 Å². The fourth-order valence-electron chi connectivity index (χ4n) is 1.89. The summed E-state index contributed by atoms with van der Waals surface area (Å²) in [4.78, 5) is 0. The molecular weight excluding hydrogens is 298 g/mol. The standard InChI is InChI=1S/C17H20BrN/c1-17(2,3)14-6-4-13(5-7-14)12-19-16-10-8-15(18)9-11-16/h4-11,19H,12H2,1-3H3. The maximum Gasteiger partial charge on any atom is 0.0400 e. The molecule has 0 spiro atoms. The van der Waals surface area contributed by atoms with Gasteiger partial charge in [-0.25, -0.2) is 0 Å². The molecule has 2 aromatic carbocycles. The first-order valence-electron chi connectivity index (χ1n) is 6.54. The molecule has 0 saturated heterocycles. The second kappa shape index (κ2) is 5.79. The molecule has 2 heteroatoms. The summed E-state index contributed by atoms with van der Waals surface area (Å²) in [6.45, 7) is 7.57. The molecule has 1 N–H and O–H groups in total. The van der Waals surface area contributed by atoms with Crippen LogP contribution in [0.25, 0.3) is 0 Å². The van der Waals surface area contributed by atoms with Gasteiger partial charge in [0.2, 0.25) is 0 Å². The van der Waals surface area contributed by atoms with Crippen LogP contribution < -0.4 is 5.32 Å². The average molecular weight is 318 g/mol. The van der Waals surface area contributed by atoms with Gasteiger partial charge in [0.25, 0.3) is 0 Å². The smallest absolute Gasteiger partial charge is 0.0400 e. The first kappa shape index (κ1) is 14.1. The Kier molecular flexibility index (Phi) is 4.31. The maximum absolute atomic E-state index is 3.44. The van der Waals surface area contributed by atoms with Crippen molar-refractivity contribution >= 4 is 21.6 Å². The van der Waals surface area contributed by atoms with Crippen LogP contribution in [0.3, 0.4) is 0 Å². The number of nitrogens with one attached hydrogen (secondary N) is 1. The zero-order valence-electron chi connectivity index (χ0n) is 11.7. The highest BCUT2D eigenvalue weighted by atomic mass is 79.9. The van der Waals surface area contributed by atoms with Gasteiger partial charge in [-0.2, -0.15) is 0 Å². The van der Waals surface area contributed by atoms with Gasteiger partial charge in [-0.15, -0.1) is 0 Å². The van der Waals surface area contributed by atoms with E-state index in [1.807, 2.05) is 12.1 Å². The minimum atomic E-state index is 0.220. The van der Waals surface area contributed by atoms with E-state index in [0.717, 1.165) is 16.7 Å². The molecule has 0 aliphatic rings. The van der Waals surface area contributed by atoms with Crippen LogP contribution >= 0.6 is 15.9 Å². The molecule has 0 aliphatic carbocycles. The molecule has 0 heterocycles. The van der Waals surface area contributed by atoms with Crippen molar-refractivity contribution < 1.29 is 0 Å². The summed E-state index contributed by atoms with van der Waals surface area (Å²) in [5.74, 6) is 0. The number of hydrogen-bond acceptors (Lipinski definition) is 1. The van der Waals surface area contributed by atoms with E-state index in [-0.39, 0.29) is 5.41 Å². The molecule has 0 unspecified atom stereocenters. The molecule has 100 valence electrons. The van der Waals surface area contributed by atoms with Gasteiger partial charge in [0.1, 0.15) is 0 Å². The van der Waals surface area contributed by atoms with E-state index < -0.39 is 0 Å². The van der Waals surface area contributed by atoms with Crippen molar-refractivity contribution in [3.8, 4) is 0 Å². The molecular formula is C17H20BrN. The van der Waals surface area contributed by atoms with Crippen LogP contribution in [-0.4, -0.2) is 0 Å². The fraction of sp³-hybridized carbons (Fsp3) is 0.294. The van der Waals surface area contributed by atoms with E-state index in [1.165, 1.54) is 11.1 Å². The molecule has 0 bridgehead atoms. The van der Waals surface area contributed by atoms with Crippen molar-refractivity contribution in [3.05, 3.63) is 64.1 Å². The SMILES string of the molecule is CC(C)(C)c1ccc(CNc2ccc(Br)cc2)cc1. The van der Waals surface area contributed by atoms with E-state index in [1.54, 1.807) is 0 Å². The highest BCUT2D eigenvalue weighted by Crippen LogP contribution is 2.22. The number of benzene rings is 2. The topological polar surface area (TPSA) is 12.0 Å². The molecule has 0 amide bonds. The molecule has 0 saturated carbocycles. The second-order valence-corrected chi connectivity index (χ2v) is 6.72. The molecule has 0 fully saturated rings. The lowest BCUT2D eigenvalue weighted by molar-refractivity contribution is 0.590. The molecule has 0 aliphatic heterocycles. The van der Waals surface area contributed by atoms with Gasteiger partial charge in [0, 0.05) is 16.7 Å². The van der Waals surface area contributed by atoms with Crippen LogP contribution in [0.2, 0.25) is 0 Å². The second-order valence-electron chi connectivity index (χ2n) is 5.81. The van der Waals surface area contributed by atoms with Crippen molar-refractivity contribution in [3.63, 3.8) is 0 Å². The normalized spacial score (nSPS) is 11.4. The Hall–Kier alpha value is -1.28. The largest absolute Gasteiger partial charge is 0.381 e. The number of anilines is 1. The molecule has 2 aromatic rings. The monoisotopic (exact) mass is 317 g/mol. The first-order chi connectivity index (χ1) is 8.95. The summed E-state index contributed by atoms with van der Waals surface area (Å²) in [6, 6.07) is 17.1. The first-order valence-corrected chi connectivity index (χ1v) is 7.33. The minimum Gasteiger partial charge on any atom is -0.381 e. The van der Waals surface area contributed by atoms with Gasteiger partial charge in [-0.1, -0.05) is 61.0 Å². The van der Waals surface area contributed by atoms with Crippen molar-refractivity contribution in [2.45, 2.75) is 32.7 Å². The van der Waals surface area contributed by atoms with Crippen LogP contribution in [0.1, 0.15) is 31.9 Å². The third kappa shape index (κ3) is 4.10. The van der Waals surface area contributed by atoms with E-state index in [4.69, 9.17) is 0 Å². The van der Waals surface area contributed by atoms with Crippen molar-refractivity contribution in [2.24, 2.45) is 0 Å². The van der Waals surface area contributed by atoms with E-state index in [9.17, 15) is 0 Å². The Morgan fingerprint density at radius 2 is 1.47 bits per heavy atom. The van der Waals surface area contributed by atoms with E-state index in [0.29, 0.717) is 0 Å². The number of rotatable bonds is 3. The summed E-state index contributed by atoms with van der Waals surface area (Å²) in [6.07, 6.45) is 0. The zero-order chi connectivity index (χ0) is 13.9. The highest BCUT2D eigenvalue weighted by molar-refractivity contribution is 9.10. The van der Waals surface area contributed by atoms with Crippen LogP contribution in [0.4, 0.5) is 5.69 Å². The van der Waals surface area contributed by atoms with Crippen LogP contribution in [0.5, 0.6) is 0 Å². The third-order valence-corrected chi connectivity index (χ3v) is 3.69. The van der Waals surface area contributed by atoms with Crippen molar-refractivity contribution in [1.82, 2.24) is 0 Å². The lowest BCUT2D eigenvalue weighted by Gasteiger charge is -2.19. The minimum absolute atomic E-state index is 0.220. The molecule has 0 aromatic heterocycles. The summed E-state index contributed by atoms with van der Waals surface area (Å²) in [7, 11) is 0. The number of halogens is 1. The molecule has 0 radical (unpaired) electrons. The molecule has 1 nitrogen and oxygen atoms in total. The van der Waals surface area contributed by atoms with E-state index in [2.05, 4.69) is 78.4 Å². The average Bonchev–Trinajstić information content (AvgIpc) is 2.37. The molecule has 0 atom stereocenters. The van der Waals surface area contributed by atoms with E-state index >= 15 is 0 Å². The van der Waals surface area contributed by atoms with Crippen molar-refractivity contribution in [1.29, 1.82) is 0 Å². The van der Waals surface area contributed by atoms with Crippen molar-refractivity contribution in [2.75, 3.05) is 5.32 Å². The number of hydrogen-bond donors (Lipinski definition) is 1. The Labute approximate surface area is 124 Å². The summed E-state index contributed by atoms with van der Waals surface area (Å²) < 4.78 is 1.10. The summed E-state index contributed by atoms with van der Waals surface area (Å²) in [5.41, 5.74) is 4.04. The Balaban J connectivity index is 1.98. The Morgan fingerprint density at radius 3 is 2.00 bits per heavy atom. The Bertz CT molecular complexity index is 521. The zero-order valence-corrected chi connectivity index (χ0v) is 13.3. The van der Waals surface area contributed by atoms with Crippen LogP contribution in [0, 0.1) is 0 Å². The lowest BCUT2D eigenvalue weighted by atomic mass is 9.87. The van der Waals surface area contributed by atoms with Gasteiger partial charge in [-0.05, 0) is 40.8 Å². The van der Waals surface area contributed by atoms with Gasteiger partial charge >= 0.3 is 0 Å². The summed E-state index contributed by atoms with van der Waals surface area (Å²) in [5, 5.41) is 3.43. The quantitative estimate of drug-likeness (QED) is 0.803. The van der Waals surface area contributed by atoms with Gasteiger partial charge in [0.15, 0.2) is 0 Å². The highest BCUT2D eigenvalue weighted by Gasteiger charge is 2.12. The molecule has 2 rings (SSSR count). The van der Waals surface area contributed by atoms with Crippen LogP contribution in [0.15, 0.2) is 53.0 Å². The van der Waals surface area contributed by atoms with Gasteiger partial charge in [-0.3, -0.25) is 0 Å². The van der Waals surface area contributed by atoms with Gasteiger partial charge in [0.05, 0.1) is 0 Å². The molecule has 19 heavy (non-hydrogen) atoms.